The number of fused-ring (bicyclic) bond motifs is 3. The zero-order valence-corrected chi connectivity index (χ0v) is 30.6. The number of likely N-dealkylation sites (N-methyl/N-ethyl adjacent to an activating group) is 1. The number of hydrogen-bond donors (Lipinski definition) is 2. The Hall–Kier alpha value is -3.92. The van der Waals surface area contributed by atoms with Crippen molar-refractivity contribution in [3.05, 3.63) is 59.7 Å². The predicted octanol–water partition coefficient (Wildman–Crippen LogP) is 6.21. The van der Waals surface area contributed by atoms with Gasteiger partial charge in [-0.15, -0.1) is 0 Å². The van der Waals surface area contributed by atoms with Crippen LogP contribution in [0.15, 0.2) is 48.5 Å². The Morgan fingerprint density at radius 1 is 0.898 bits per heavy atom. The Balaban J connectivity index is 1.42. The summed E-state index contributed by atoms with van der Waals surface area (Å²) in [4.78, 5) is 55.4. The molecular weight excluding hydrogens is 622 g/mol. The largest absolute Gasteiger partial charge is 0.460 e. The molecule has 0 aromatic heterocycles. The van der Waals surface area contributed by atoms with Crippen molar-refractivity contribution in [2.75, 3.05) is 20.8 Å². The van der Waals surface area contributed by atoms with Gasteiger partial charge in [0.05, 0.1) is 18.6 Å². The van der Waals surface area contributed by atoms with Crippen molar-refractivity contribution in [1.82, 2.24) is 15.5 Å². The first-order valence-corrected chi connectivity index (χ1v) is 17.5. The van der Waals surface area contributed by atoms with Crippen LogP contribution in [0, 0.1) is 11.8 Å². The molecule has 0 saturated heterocycles. The van der Waals surface area contributed by atoms with Crippen LogP contribution in [0.5, 0.6) is 0 Å². The zero-order chi connectivity index (χ0) is 36.1. The zero-order valence-electron chi connectivity index (χ0n) is 30.6. The summed E-state index contributed by atoms with van der Waals surface area (Å²) in [7, 11) is 3.27. The van der Waals surface area contributed by atoms with E-state index in [1.54, 1.807) is 32.9 Å². The first-order chi connectivity index (χ1) is 23.0. The van der Waals surface area contributed by atoms with E-state index in [0.29, 0.717) is 0 Å². The maximum atomic E-state index is 14.2. The van der Waals surface area contributed by atoms with Gasteiger partial charge in [-0.3, -0.25) is 14.4 Å². The van der Waals surface area contributed by atoms with Crippen molar-refractivity contribution in [3.8, 4) is 11.1 Å². The minimum atomic E-state index is -1.38. The van der Waals surface area contributed by atoms with Gasteiger partial charge in [-0.25, -0.2) is 4.79 Å². The molecule has 0 aliphatic heterocycles. The molecule has 2 N–H and O–H groups in total. The summed E-state index contributed by atoms with van der Waals surface area (Å²) in [6, 6.07) is 14.9. The first kappa shape index (κ1) is 37.9. The van der Waals surface area contributed by atoms with Gasteiger partial charge in [0.15, 0.2) is 0 Å². The lowest BCUT2D eigenvalue weighted by Crippen LogP contribution is -2.62. The Morgan fingerprint density at radius 2 is 1.45 bits per heavy atom. The second-order valence-electron chi connectivity index (χ2n) is 15.3. The first-order valence-electron chi connectivity index (χ1n) is 17.5. The van der Waals surface area contributed by atoms with Crippen molar-refractivity contribution >= 4 is 23.9 Å². The molecule has 10 nitrogen and oxygen atoms in total. The molecule has 0 spiro atoms. The van der Waals surface area contributed by atoms with Gasteiger partial charge in [-0.05, 0) is 81.5 Å². The van der Waals surface area contributed by atoms with Crippen LogP contribution >= 0.6 is 0 Å². The average Bonchev–Trinajstić information content (AvgIpc) is 3.67. The summed E-state index contributed by atoms with van der Waals surface area (Å²) in [6.45, 7) is 12.5. The Bertz CT molecular complexity index is 1450. The van der Waals surface area contributed by atoms with Crippen molar-refractivity contribution in [1.29, 1.82) is 0 Å². The second-order valence-corrected chi connectivity index (χ2v) is 15.3. The van der Waals surface area contributed by atoms with E-state index in [4.69, 9.17) is 14.2 Å². The third-order valence-corrected chi connectivity index (χ3v) is 9.69. The van der Waals surface area contributed by atoms with Gasteiger partial charge in [0.25, 0.3) is 0 Å². The summed E-state index contributed by atoms with van der Waals surface area (Å²) in [5.41, 5.74) is 2.40. The summed E-state index contributed by atoms with van der Waals surface area (Å²) >= 11 is 0. The Kier molecular flexibility index (Phi) is 12.2. The molecule has 4 rings (SSSR count). The smallest absolute Gasteiger partial charge is 0.408 e. The van der Waals surface area contributed by atoms with Crippen molar-refractivity contribution in [2.45, 2.75) is 116 Å². The van der Waals surface area contributed by atoms with Crippen LogP contribution in [-0.4, -0.2) is 78.9 Å². The van der Waals surface area contributed by atoms with Gasteiger partial charge in [0.1, 0.15) is 23.8 Å². The minimum Gasteiger partial charge on any atom is -0.460 e. The maximum absolute atomic E-state index is 14.2. The normalized spacial score (nSPS) is 16.7. The summed E-state index contributed by atoms with van der Waals surface area (Å²) in [6.07, 6.45) is 2.58. The highest BCUT2D eigenvalue weighted by atomic mass is 16.6. The third-order valence-electron chi connectivity index (χ3n) is 9.69. The van der Waals surface area contributed by atoms with E-state index in [1.807, 2.05) is 71.0 Å². The highest BCUT2D eigenvalue weighted by Gasteiger charge is 2.42. The van der Waals surface area contributed by atoms with Crippen LogP contribution in [0.25, 0.3) is 11.1 Å². The Labute approximate surface area is 291 Å². The highest BCUT2D eigenvalue weighted by Crippen LogP contribution is 2.44. The van der Waals surface area contributed by atoms with Gasteiger partial charge in [0.2, 0.25) is 11.8 Å². The van der Waals surface area contributed by atoms with Crippen LogP contribution in [0.2, 0.25) is 0 Å². The van der Waals surface area contributed by atoms with Crippen molar-refractivity contribution < 1.29 is 33.4 Å². The number of amides is 3. The van der Waals surface area contributed by atoms with E-state index >= 15 is 0 Å². The van der Waals surface area contributed by atoms with Gasteiger partial charge in [0, 0.05) is 20.1 Å². The molecule has 0 heterocycles. The van der Waals surface area contributed by atoms with Crippen molar-refractivity contribution in [2.24, 2.45) is 11.8 Å². The Morgan fingerprint density at radius 3 is 1.96 bits per heavy atom. The highest BCUT2D eigenvalue weighted by molar-refractivity contribution is 5.93. The van der Waals surface area contributed by atoms with Gasteiger partial charge in [-0.2, -0.15) is 0 Å². The predicted molar refractivity (Wildman–Crippen MR) is 189 cm³/mol. The summed E-state index contributed by atoms with van der Waals surface area (Å²) in [5, 5.41) is 5.61. The summed E-state index contributed by atoms with van der Waals surface area (Å²) in [5.74, 6) is -1.44. The topological polar surface area (TPSA) is 123 Å². The molecule has 3 atom stereocenters. The fourth-order valence-electron chi connectivity index (χ4n) is 7.21. The lowest BCUT2D eigenvalue weighted by molar-refractivity contribution is -0.161. The number of esters is 1. The number of carbonyl (C=O) groups is 4. The van der Waals surface area contributed by atoms with Gasteiger partial charge >= 0.3 is 12.1 Å². The maximum Gasteiger partial charge on any atom is 0.408 e. The molecule has 10 heteroatoms. The number of ether oxygens (including phenoxy) is 3. The molecule has 49 heavy (non-hydrogen) atoms. The second kappa shape index (κ2) is 15.7. The molecule has 2 aliphatic rings. The van der Waals surface area contributed by atoms with E-state index < -0.39 is 47.3 Å². The number of methoxy groups -OCH3 is 1. The molecule has 268 valence electrons. The SMILES string of the molecule is CO[C@H](CC(=O)OC(C)(C)C)[C@H](C1CCCC1)N(C)C(=O)[C@@H](NC(=O)C(C)(C)NC(=O)OCC1c2ccccc2-c2ccccc21)C(C)C. The fourth-order valence-corrected chi connectivity index (χ4v) is 7.21. The lowest BCUT2D eigenvalue weighted by Gasteiger charge is -2.40. The quantitative estimate of drug-likeness (QED) is 0.242. The lowest BCUT2D eigenvalue weighted by atomic mass is 9.89. The number of hydrogen-bond acceptors (Lipinski definition) is 7. The van der Waals surface area contributed by atoms with E-state index in [0.717, 1.165) is 47.9 Å². The monoisotopic (exact) mass is 677 g/mol. The van der Waals surface area contributed by atoms with Crippen LogP contribution in [0.1, 0.15) is 97.6 Å². The average molecular weight is 678 g/mol. The summed E-state index contributed by atoms with van der Waals surface area (Å²) < 4.78 is 17.1. The van der Waals surface area contributed by atoms with E-state index in [2.05, 4.69) is 22.8 Å². The van der Waals surface area contributed by atoms with Crippen LogP contribution in [-0.2, 0) is 28.6 Å². The molecule has 2 aromatic carbocycles. The van der Waals surface area contributed by atoms with Gasteiger partial charge < -0.3 is 29.7 Å². The molecule has 2 aromatic rings. The molecule has 0 bridgehead atoms. The van der Waals surface area contributed by atoms with Crippen molar-refractivity contribution in [3.63, 3.8) is 0 Å². The number of carbonyl (C=O) groups excluding carboxylic acids is 4. The van der Waals surface area contributed by atoms with E-state index in [1.165, 1.54) is 0 Å². The number of benzene rings is 2. The third kappa shape index (κ3) is 9.21. The van der Waals surface area contributed by atoms with Crippen LogP contribution < -0.4 is 10.6 Å². The van der Waals surface area contributed by atoms with E-state index in [9.17, 15) is 19.2 Å². The van der Waals surface area contributed by atoms with Gasteiger partial charge in [-0.1, -0.05) is 75.2 Å². The van der Waals surface area contributed by atoms with Crippen LogP contribution in [0.3, 0.4) is 0 Å². The van der Waals surface area contributed by atoms with E-state index in [-0.39, 0.29) is 36.7 Å². The molecular formula is C39H55N3O7. The fraction of sp³-hybridized carbons (Fsp3) is 0.590. The molecule has 1 fully saturated rings. The molecule has 0 unspecified atom stereocenters. The molecule has 0 radical (unpaired) electrons. The number of alkyl carbamates (subject to hydrolysis) is 1. The van der Waals surface area contributed by atoms with Crippen LogP contribution in [0.4, 0.5) is 4.79 Å². The molecule has 2 aliphatic carbocycles. The molecule has 3 amide bonds. The molecule has 1 saturated carbocycles. The number of rotatable bonds is 13. The number of nitrogens with one attached hydrogen (secondary N) is 2. The number of nitrogens with zero attached hydrogens (tertiary/aromatic N) is 1. The minimum absolute atomic E-state index is 0.00233. The standard InChI is InChI=1S/C39H55N3O7/c1-24(2)33(35(44)42(8)34(25-16-10-11-17-25)31(47-9)22-32(43)49-38(3,4)5)40-36(45)39(6,7)41-37(46)48-23-30-28-20-14-12-18-26(28)27-19-13-15-21-29(27)30/h12-15,18-21,24-25,30-31,33-34H,10-11,16-17,22-23H2,1-9H3,(H,40,45)(H,41,46)/t31-,33+,34+/m1/s1.